The highest BCUT2D eigenvalue weighted by atomic mass is 19.3. The van der Waals surface area contributed by atoms with Gasteiger partial charge in [0.15, 0.2) is 11.5 Å². The molecule has 5 nitrogen and oxygen atoms in total. The molecule has 0 atom stereocenters. The predicted octanol–water partition coefficient (Wildman–Crippen LogP) is 1.72. The lowest BCUT2D eigenvalue weighted by atomic mass is 10.2. The van der Waals surface area contributed by atoms with E-state index < -0.39 is 12.1 Å². The van der Waals surface area contributed by atoms with E-state index >= 15 is 0 Å². The normalized spacial score (nSPS) is 11.0. The molecule has 1 rings (SSSR count). The summed E-state index contributed by atoms with van der Waals surface area (Å²) in [7, 11) is 1.26. The molecule has 0 fully saturated rings. The molecule has 0 bridgehead atoms. The van der Waals surface area contributed by atoms with Gasteiger partial charge >= 0.3 is 12.1 Å². The van der Waals surface area contributed by atoms with Crippen molar-refractivity contribution in [1.82, 2.24) is 0 Å². The zero-order valence-electron chi connectivity index (χ0n) is 10.5. The van der Waals surface area contributed by atoms with E-state index in [0.717, 1.165) is 0 Å². The Morgan fingerprint density at radius 1 is 1.37 bits per heavy atom. The van der Waals surface area contributed by atoms with Crippen molar-refractivity contribution in [2.24, 2.45) is 0 Å². The van der Waals surface area contributed by atoms with Gasteiger partial charge in [-0.05, 0) is 24.6 Å². The van der Waals surface area contributed by atoms with Gasteiger partial charge < -0.3 is 19.3 Å². The van der Waals surface area contributed by atoms with Crippen LogP contribution in [-0.2, 0) is 16.1 Å². The molecule has 0 heterocycles. The fourth-order valence-electron chi connectivity index (χ4n) is 1.29. The molecule has 19 heavy (non-hydrogen) atoms. The molecule has 0 aliphatic rings. The van der Waals surface area contributed by atoms with Crippen LogP contribution in [0.5, 0.6) is 11.5 Å². The first-order valence-electron chi connectivity index (χ1n) is 5.46. The van der Waals surface area contributed by atoms with Crippen LogP contribution in [0.1, 0.15) is 12.5 Å². The Balaban J connectivity index is 2.95. The summed E-state index contributed by atoms with van der Waals surface area (Å²) in [5, 5.41) is 8.92. The van der Waals surface area contributed by atoms with Crippen LogP contribution in [0, 0.1) is 0 Å². The maximum atomic E-state index is 13.4. The first-order chi connectivity index (χ1) is 8.94. The molecular weight excluding hydrogens is 262 g/mol. The minimum atomic E-state index is -4.11. The molecule has 106 valence electrons. The first-order valence-corrected chi connectivity index (χ1v) is 5.46. The van der Waals surface area contributed by atoms with E-state index in [1.165, 1.54) is 32.2 Å². The Kier molecular flexibility index (Phi) is 5.05. The molecule has 0 aromatic heterocycles. The number of rotatable bonds is 6. The van der Waals surface area contributed by atoms with Gasteiger partial charge in [-0.15, -0.1) is 0 Å². The smallest absolute Gasteiger partial charge is 0.493 e. The predicted molar refractivity (Wildman–Crippen MR) is 61.1 cm³/mol. The quantitative estimate of drug-likeness (QED) is 0.801. The van der Waals surface area contributed by atoms with E-state index in [-0.39, 0.29) is 24.7 Å². The van der Waals surface area contributed by atoms with Crippen LogP contribution in [0.3, 0.4) is 0 Å². The Hall–Kier alpha value is -1.89. The molecule has 1 aromatic carbocycles. The summed E-state index contributed by atoms with van der Waals surface area (Å²) in [4.78, 5) is 11.0. The first kappa shape index (κ1) is 15.2. The van der Waals surface area contributed by atoms with Gasteiger partial charge in [-0.1, -0.05) is 6.07 Å². The molecule has 0 saturated carbocycles. The van der Waals surface area contributed by atoms with Crippen molar-refractivity contribution in [3.8, 4) is 11.5 Å². The number of carbonyl (C=O) groups is 1. The van der Waals surface area contributed by atoms with Gasteiger partial charge in [0, 0.05) is 0 Å². The van der Waals surface area contributed by atoms with E-state index in [4.69, 9.17) is 9.84 Å². The van der Waals surface area contributed by atoms with Crippen LogP contribution in [0.25, 0.3) is 0 Å². The standard InChI is InChI=1S/C12H14F2O5/c1-3-18-11(16)12(13,14)19-9-5-4-8(7-15)6-10(9)17-2/h4-6,15H,3,7H2,1-2H3. The minimum Gasteiger partial charge on any atom is -0.493 e. The molecule has 0 amide bonds. The lowest BCUT2D eigenvalue weighted by molar-refractivity contribution is -0.216. The van der Waals surface area contributed by atoms with E-state index in [9.17, 15) is 13.6 Å². The highest BCUT2D eigenvalue weighted by molar-refractivity contribution is 5.76. The van der Waals surface area contributed by atoms with Crippen molar-refractivity contribution < 1.29 is 32.9 Å². The zero-order valence-corrected chi connectivity index (χ0v) is 10.5. The Morgan fingerprint density at radius 2 is 2.05 bits per heavy atom. The van der Waals surface area contributed by atoms with Gasteiger partial charge in [0.25, 0.3) is 0 Å². The van der Waals surface area contributed by atoms with Gasteiger partial charge in [-0.2, -0.15) is 8.78 Å². The average molecular weight is 276 g/mol. The molecule has 0 aliphatic carbocycles. The third-order valence-corrected chi connectivity index (χ3v) is 2.16. The van der Waals surface area contributed by atoms with Crippen molar-refractivity contribution in [2.45, 2.75) is 19.6 Å². The second-order valence-electron chi connectivity index (χ2n) is 3.48. The van der Waals surface area contributed by atoms with Crippen LogP contribution in [0.15, 0.2) is 18.2 Å². The summed E-state index contributed by atoms with van der Waals surface area (Å²) in [6.45, 7) is 0.952. The number of aliphatic hydroxyl groups is 1. The summed E-state index contributed by atoms with van der Waals surface area (Å²) < 4.78 is 40.2. The topological polar surface area (TPSA) is 65.0 Å². The van der Waals surface area contributed by atoms with Gasteiger partial charge in [-0.3, -0.25) is 0 Å². The molecule has 0 unspecified atom stereocenters. The van der Waals surface area contributed by atoms with E-state index in [0.29, 0.717) is 5.56 Å². The van der Waals surface area contributed by atoms with Gasteiger partial charge in [-0.25, -0.2) is 4.79 Å². The number of hydrogen-bond acceptors (Lipinski definition) is 5. The van der Waals surface area contributed by atoms with Crippen LogP contribution in [0.2, 0.25) is 0 Å². The van der Waals surface area contributed by atoms with E-state index in [1.807, 2.05) is 0 Å². The number of alkyl halides is 2. The van der Waals surface area contributed by atoms with Crippen molar-refractivity contribution in [3.05, 3.63) is 23.8 Å². The summed E-state index contributed by atoms with van der Waals surface area (Å²) in [6.07, 6.45) is -4.11. The molecule has 1 N–H and O–H groups in total. The third kappa shape index (κ3) is 3.78. The summed E-state index contributed by atoms with van der Waals surface area (Å²) >= 11 is 0. The van der Waals surface area contributed by atoms with Crippen molar-refractivity contribution in [1.29, 1.82) is 0 Å². The number of hydrogen-bond donors (Lipinski definition) is 1. The average Bonchev–Trinajstić information content (AvgIpc) is 2.39. The fraction of sp³-hybridized carbons (Fsp3) is 0.417. The van der Waals surface area contributed by atoms with Gasteiger partial charge in [0.05, 0.1) is 20.3 Å². The van der Waals surface area contributed by atoms with Crippen molar-refractivity contribution in [2.75, 3.05) is 13.7 Å². The van der Waals surface area contributed by atoms with Crippen LogP contribution in [0.4, 0.5) is 8.78 Å². The second-order valence-corrected chi connectivity index (χ2v) is 3.48. The summed E-state index contributed by atoms with van der Waals surface area (Å²) in [5.41, 5.74) is 0.462. The molecule has 1 aromatic rings. The number of aliphatic hydroxyl groups excluding tert-OH is 1. The maximum absolute atomic E-state index is 13.4. The minimum absolute atomic E-state index is 0.0180. The lowest BCUT2D eigenvalue weighted by Gasteiger charge is -2.18. The van der Waals surface area contributed by atoms with Crippen molar-refractivity contribution in [3.63, 3.8) is 0 Å². The third-order valence-electron chi connectivity index (χ3n) is 2.16. The molecule has 0 aliphatic heterocycles. The number of methoxy groups -OCH3 is 1. The maximum Gasteiger partial charge on any atom is 0.502 e. The fourth-order valence-corrected chi connectivity index (χ4v) is 1.29. The second kappa shape index (κ2) is 6.33. The molecule has 7 heteroatoms. The zero-order chi connectivity index (χ0) is 14.5. The number of halogens is 2. The lowest BCUT2D eigenvalue weighted by Crippen LogP contribution is -2.37. The molecule has 0 spiro atoms. The summed E-state index contributed by atoms with van der Waals surface area (Å²) in [6, 6.07) is 3.88. The van der Waals surface area contributed by atoms with Gasteiger partial charge in [0.1, 0.15) is 0 Å². The highest BCUT2D eigenvalue weighted by Gasteiger charge is 2.44. The monoisotopic (exact) mass is 276 g/mol. The Bertz CT molecular complexity index is 448. The molecule has 0 saturated heterocycles. The largest absolute Gasteiger partial charge is 0.502 e. The number of benzene rings is 1. The van der Waals surface area contributed by atoms with Crippen molar-refractivity contribution >= 4 is 5.97 Å². The summed E-state index contributed by atoms with van der Waals surface area (Å²) in [5.74, 6) is -2.11. The van der Waals surface area contributed by atoms with Gasteiger partial charge in [0.2, 0.25) is 0 Å². The molecular formula is C12H14F2O5. The number of esters is 1. The van der Waals surface area contributed by atoms with E-state index in [1.54, 1.807) is 0 Å². The van der Waals surface area contributed by atoms with Crippen LogP contribution < -0.4 is 9.47 Å². The molecule has 0 radical (unpaired) electrons. The number of ether oxygens (including phenoxy) is 3. The number of carbonyl (C=O) groups excluding carboxylic acids is 1. The van der Waals surface area contributed by atoms with Crippen LogP contribution >= 0.6 is 0 Å². The highest BCUT2D eigenvalue weighted by Crippen LogP contribution is 2.32. The van der Waals surface area contributed by atoms with E-state index in [2.05, 4.69) is 9.47 Å². The van der Waals surface area contributed by atoms with Crippen LogP contribution in [-0.4, -0.2) is 30.9 Å². The SMILES string of the molecule is CCOC(=O)C(F)(F)Oc1ccc(CO)cc1OC. The Morgan fingerprint density at radius 3 is 2.58 bits per heavy atom. The Labute approximate surface area is 108 Å².